The van der Waals surface area contributed by atoms with Crippen molar-refractivity contribution in [3.05, 3.63) is 80.6 Å². The van der Waals surface area contributed by atoms with Crippen LogP contribution in [-0.2, 0) is 20.5 Å². The minimum absolute atomic E-state index is 0.0700. The first-order chi connectivity index (χ1) is 16.5. The second-order valence-corrected chi connectivity index (χ2v) is 11.4. The van der Waals surface area contributed by atoms with E-state index < -0.39 is 27.4 Å². The molecular weight excluding hydrogens is 603 g/mol. The summed E-state index contributed by atoms with van der Waals surface area (Å²) in [7, 11) is -2.88. The minimum atomic E-state index is -4.39. The molecule has 2 aromatic carbocycles. The number of thiocarbonyl (C=S) groups is 1. The van der Waals surface area contributed by atoms with E-state index in [2.05, 4.69) is 26.2 Å². The Hall–Kier alpha value is -2.58. The third-order valence-electron chi connectivity index (χ3n) is 5.47. The molecule has 0 spiro atoms. The van der Waals surface area contributed by atoms with Crippen molar-refractivity contribution >= 4 is 77.2 Å². The molecule has 0 radical (unpaired) electrons. The molecule has 3 heterocycles. The Morgan fingerprint density at radius 2 is 2.00 bits per heavy atom. The van der Waals surface area contributed by atoms with Gasteiger partial charge in [-0.15, -0.1) is 11.3 Å². The van der Waals surface area contributed by atoms with Gasteiger partial charge in [-0.2, -0.15) is 8.42 Å². The number of aromatic nitrogens is 2. The number of hydrogen-bond acceptors (Lipinski definition) is 7. The molecule has 1 aliphatic rings. The first-order valence-electron chi connectivity index (χ1n) is 9.76. The van der Waals surface area contributed by atoms with Crippen molar-refractivity contribution in [1.82, 2.24) is 19.6 Å². The number of hydrogen-bond donors (Lipinski definition) is 1. The lowest BCUT2D eigenvalue weighted by atomic mass is 9.82. The van der Waals surface area contributed by atoms with Crippen LogP contribution >= 0.6 is 51.1 Å². The van der Waals surface area contributed by atoms with Crippen LogP contribution in [0.3, 0.4) is 0 Å². The van der Waals surface area contributed by atoms with Crippen molar-refractivity contribution in [1.29, 1.82) is 0 Å². The molecule has 14 heteroatoms. The number of halogens is 3. The summed E-state index contributed by atoms with van der Waals surface area (Å²) in [5.74, 6) is -1.01. The van der Waals surface area contributed by atoms with Crippen molar-refractivity contribution in [2.75, 3.05) is 7.05 Å². The molecular formula is C21H13BrClFN4O4S3. The van der Waals surface area contributed by atoms with E-state index in [0.29, 0.717) is 16.1 Å². The monoisotopic (exact) mass is 614 g/mol. The molecule has 1 atom stereocenters. The number of imidazole rings is 1. The Kier molecular flexibility index (Phi) is 5.87. The van der Waals surface area contributed by atoms with Gasteiger partial charge in [-0.3, -0.25) is 14.1 Å². The van der Waals surface area contributed by atoms with Gasteiger partial charge in [0.05, 0.1) is 4.47 Å². The summed E-state index contributed by atoms with van der Waals surface area (Å²) in [6, 6.07) is 10.1. The predicted octanol–water partition coefficient (Wildman–Crippen LogP) is 4.31. The summed E-state index contributed by atoms with van der Waals surface area (Å²) in [6.07, 6.45) is 1.52. The lowest BCUT2D eigenvalue weighted by Gasteiger charge is -2.28. The normalized spacial score (nSPS) is 18.3. The largest absolute Gasteiger partial charge is 0.378 e. The van der Waals surface area contributed by atoms with Gasteiger partial charge in [0.25, 0.3) is 5.91 Å². The number of thiazole rings is 1. The highest BCUT2D eigenvalue weighted by molar-refractivity contribution is 9.10. The Morgan fingerprint density at radius 1 is 1.26 bits per heavy atom. The summed E-state index contributed by atoms with van der Waals surface area (Å²) < 4.78 is 47.0. The van der Waals surface area contributed by atoms with Gasteiger partial charge in [-0.1, -0.05) is 29.8 Å². The SMILES string of the molecule is CN1C(=O)C(c2cccc(OS(=O)(=O)c3c(Cl)nc4sccn34)c2)(c2ccc(F)c(Br)c2)NC1=S. The fourth-order valence-electron chi connectivity index (χ4n) is 3.84. The maximum absolute atomic E-state index is 14.0. The number of nitrogens with one attached hydrogen (secondary N) is 1. The van der Waals surface area contributed by atoms with Crippen LogP contribution in [-0.4, -0.2) is 40.8 Å². The number of fused-ring (bicyclic) bond motifs is 1. The zero-order valence-corrected chi connectivity index (χ0v) is 22.3. The molecule has 35 heavy (non-hydrogen) atoms. The van der Waals surface area contributed by atoms with E-state index in [-0.39, 0.29) is 25.5 Å². The quantitative estimate of drug-likeness (QED) is 0.264. The summed E-state index contributed by atoms with van der Waals surface area (Å²) in [5.41, 5.74) is -0.818. The van der Waals surface area contributed by atoms with Crippen molar-refractivity contribution in [3.63, 3.8) is 0 Å². The lowest BCUT2D eigenvalue weighted by molar-refractivity contribution is -0.129. The average Bonchev–Trinajstić information content (AvgIpc) is 3.43. The van der Waals surface area contributed by atoms with Gasteiger partial charge in [-0.25, -0.2) is 9.37 Å². The molecule has 0 aliphatic carbocycles. The highest BCUT2D eigenvalue weighted by Gasteiger charge is 2.51. The van der Waals surface area contributed by atoms with E-state index in [0.717, 1.165) is 0 Å². The van der Waals surface area contributed by atoms with E-state index in [1.807, 2.05) is 0 Å². The molecule has 4 aromatic rings. The predicted molar refractivity (Wildman–Crippen MR) is 136 cm³/mol. The maximum atomic E-state index is 14.0. The fraction of sp³-hybridized carbons (Fsp3) is 0.0952. The van der Waals surface area contributed by atoms with E-state index in [9.17, 15) is 17.6 Å². The third kappa shape index (κ3) is 3.82. The number of amides is 1. The fourth-order valence-corrected chi connectivity index (χ4v) is 6.81. The molecule has 2 aromatic heterocycles. The third-order valence-corrected chi connectivity index (χ3v) is 8.86. The van der Waals surface area contributed by atoms with Gasteiger partial charge < -0.3 is 9.50 Å². The number of likely N-dealkylation sites (N-methyl/N-ethyl adjacent to an activating group) is 1. The van der Waals surface area contributed by atoms with Gasteiger partial charge in [0.2, 0.25) is 5.03 Å². The van der Waals surface area contributed by atoms with Gasteiger partial charge in [-0.05, 0) is 63.5 Å². The molecule has 1 fully saturated rings. The number of carbonyl (C=O) groups is 1. The van der Waals surface area contributed by atoms with Crippen LogP contribution in [0.25, 0.3) is 4.96 Å². The molecule has 5 rings (SSSR count). The van der Waals surface area contributed by atoms with Crippen LogP contribution in [0, 0.1) is 5.82 Å². The first kappa shape index (κ1) is 24.1. The molecule has 8 nitrogen and oxygen atoms in total. The van der Waals surface area contributed by atoms with Gasteiger partial charge >= 0.3 is 10.1 Å². The summed E-state index contributed by atoms with van der Waals surface area (Å²) in [5, 5.41) is 4.31. The Labute approximate surface area is 221 Å². The van der Waals surface area contributed by atoms with E-state index in [1.54, 1.807) is 11.4 Å². The molecule has 180 valence electrons. The van der Waals surface area contributed by atoms with E-state index in [1.165, 1.54) is 70.3 Å². The van der Waals surface area contributed by atoms with E-state index in [4.69, 9.17) is 28.0 Å². The van der Waals surface area contributed by atoms with E-state index >= 15 is 0 Å². The van der Waals surface area contributed by atoms with Crippen molar-refractivity contribution in [2.24, 2.45) is 0 Å². The minimum Gasteiger partial charge on any atom is -0.378 e. The van der Waals surface area contributed by atoms with Crippen LogP contribution in [0.2, 0.25) is 5.15 Å². The van der Waals surface area contributed by atoms with Crippen LogP contribution in [0.5, 0.6) is 5.75 Å². The topological polar surface area (TPSA) is 93.0 Å². The Morgan fingerprint density at radius 3 is 2.69 bits per heavy atom. The number of rotatable bonds is 5. The first-order valence-corrected chi connectivity index (χ1v) is 13.6. The van der Waals surface area contributed by atoms with Crippen LogP contribution in [0.15, 0.2) is 63.5 Å². The van der Waals surface area contributed by atoms with Crippen molar-refractivity contribution < 1.29 is 21.8 Å². The molecule has 1 saturated heterocycles. The standard InChI is InChI=1S/C21H13BrClFN4O4S3/c1-27-18(29)21(26-19(27)33,12-5-6-15(24)14(22)10-12)11-3-2-4-13(9-11)32-35(30,31)17-16(23)25-20-28(17)7-8-34-20/h2-10H,1H3,(H,26,33). The molecule has 1 unspecified atom stereocenters. The van der Waals surface area contributed by atoms with Crippen LogP contribution < -0.4 is 9.50 Å². The highest BCUT2D eigenvalue weighted by Crippen LogP contribution is 2.39. The molecule has 1 amide bonds. The maximum Gasteiger partial charge on any atom is 0.358 e. The number of nitrogens with zero attached hydrogens (tertiary/aromatic N) is 3. The highest BCUT2D eigenvalue weighted by atomic mass is 79.9. The van der Waals surface area contributed by atoms with Crippen LogP contribution in [0.4, 0.5) is 4.39 Å². The van der Waals surface area contributed by atoms with Crippen LogP contribution in [0.1, 0.15) is 11.1 Å². The zero-order chi connectivity index (χ0) is 25.1. The average molecular weight is 616 g/mol. The molecule has 0 bridgehead atoms. The summed E-state index contributed by atoms with van der Waals surface area (Å²) in [6.45, 7) is 0. The van der Waals surface area contributed by atoms with Gasteiger partial charge in [0.1, 0.15) is 11.6 Å². The molecule has 0 saturated carbocycles. The Balaban J connectivity index is 1.62. The molecule has 1 aliphatic heterocycles. The second-order valence-electron chi connectivity index (χ2n) is 7.50. The van der Waals surface area contributed by atoms with Crippen molar-refractivity contribution in [3.8, 4) is 5.75 Å². The Bertz CT molecular complexity index is 1640. The van der Waals surface area contributed by atoms with Gasteiger partial charge in [0.15, 0.2) is 20.8 Å². The van der Waals surface area contributed by atoms with Gasteiger partial charge in [0, 0.05) is 18.6 Å². The smallest absolute Gasteiger partial charge is 0.358 e. The molecule has 1 N–H and O–H groups in total. The van der Waals surface area contributed by atoms with Crippen molar-refractivity contribution in [2.45, 2.75) is 10.6 Å². The lowest BCUT2D eigenvalue weighted by Crippen LogP contribution is -2.45. The number of benzene rings is 2. The second kappa shape index (κ2) is 8.52. The zero-order valence-electron chi connectivity index (χ0n) is 17.5. The summed E-state index contributed by atoms with van der Waals surface area (Å²) >= 11 is 15.8. The summed E-state index contributed by atoms with van der Waals surface area (Å²) in [4.78, 5) is 19.1. The number of carbonyl (C=O) groups excluding carboxylic acids is 1.